The largest absolute Gasteiger partial charge is 0.455 e. The van der Waals surface area contributed by atoms with E-state index in [4.69, 9.17) is 4.42 Å². The van der Waals surface area contributed by atoms with E-state index >= 15 is 0 Å². The van der Waals surface area contributed by atoms with Crippen molar-refractivity contribution in [3.05, 3.63) is 59.0 Å². The van der Waals surface area contributed by atoms with Crippen LogP contribution >= 0.6 is 0 Å². The molecule has 1 aliphatic heterocycles. The third-order valence-corrected chi connectivity index (χ3v) is 4.84. The van der Waals surface area contributed by atoms with Crippen LogP contribution in [0.25, 0.3) is 0 Å². The molecule has 0 saturated heterocycles. The highest BCUT2D eigenvalue weighted by Gasteiger charge is 2.24. The molecule has 134 valence electrons. The van der Waals surface area contributed by atoms with Crippen molar-refractivity contribution in [2.45, 2.75) is 25.6 Å². The van der Waals surface area contributed by atoms with Gasteiger partial charge < -0.3 is 9.32 Å². The molecular formula is C20H27N3O2. The molecule has 1 aromatic heterocycles. The van der Waals surface area contributed by atoms with Gasteiger partial charge in [-0.15, -0.1) is 0 Å². The van der Waals surface area contributed by atoms with Gasteiger partial charge in [-0.1, -0.05) is 24.3 Å². The standard InChI is InChI=1S/C20H27N3O2/c1-21(2)20(24)19-10-9-18(25-19)14-22(3)13-17-11-15-7-5-6-8-16(15)12-23(17)4/h5-10,17H,11-14H2,1-4H3. The lowest BCUT2D eigenvalue weighted by Gasteiger charge is -2.36. The molecule has 5 nitrogen and oxygen atoms in total. The van der Waals surface area contributed by atoms with E-state index in [0.29, 0.717) is 18.3 Å². The number of rotatable bonds is 5. The van der Waals surface area contributed by atoms with Gasteiger partial charge in [-0.25, -0.2) is 0 Å². The van der Waals surface area contributed by atoms with Gasteiger partial charge in [0.05, 0.1) is 6.54 Å². The number of benzene rings is 1. The minimum absolute atomic E-state index is 0.0995. The predicted molar refractivity (Wildman–Crippen MR) is 98.5 cm³/mol. The van der Waals surface area contributed by atoms with E-state index in [0.717, 1.165) is 25.3 Å². The average molecular weight is 341 g/mol. The second kappa shape index (κ2) is 7.42. The van der Waals surface area contributed by atoms with Gasteiger partial charge in [0.2, 0.25) is 0 Å². The number of carbonyl (C=O) groups excluding carboxylic acids is 1. The van der Waals surface area contributed by atoms with Crippen molar-refractivity contribution in [3.8, 4) is 0 Å². The highest BCUT2D eigenvalue weighted by molar-refractivity contribution is 5.91. The van der Waals surface area contributed by atoms with Crippen LogP contribution < -0.4 is 0 Å². The van der Waals surface area contributed by atoms with E-state index in [1.165, 1.54) is 16.0 Å². The minimum Gasteiger partial charge on any atom is -0.455 e. The molecule has 1 amide bonds. The van der Waals surface area contributed by atoms with Crippen LogP contribution in [0.4, 0.5) is 0 Å². The summed E-state index contributed by atoms with van der Waals surface area (Å²) in [6.45, 7) is 2.66. The highest BCUT2D eigenvalue weighted by Crippen LogP contribution is 2.22. The Bertz CT molecular complexity index is 738. The zero-order valence-corrected chi connectivity index (χ0v) is 15.5. The molecular weight excluding hydrogens is 314 g/mol. The molecule has 0 bridgehead atoms. The van der Waals surface area contributed by atoms with Crippen molar-refractivity contribution in [1.82, 2.24) is 14.7 Å². The molecule has 2 heterocycles. The Morgan fingerprint density at radius 1 is 1.16 bits per heavy atom. The molecule has 3 rings (SSSR count). The Morgan fingerprint density at radius 3 is 2.60 bits per heavy atom. The van der Waals surface area contributed by atoms with E-state index in [1.54, 1.807) is 20.2 Å². The summed E-state index contributed by atoms with van der Waals surface area (Å²) in [5.41, 5.74) is 2.89. The summed E-state index contributed by atoms with van der Waals surface area (Å²) < 4.78 is 5.70. The van der Waals surface area contributed by atoms with E-state index < -0.39 is 0 Å². The van der Waals surface area contributed by atoms with Crippen molar-refractivity contribution >= 4 is 5.91 Å². The van der Waals surface area contributed by atoms with Crippen LogP contribution in [0.3, 0.4) is 0 Å². The Hall–Kier alpha value is -2.11. The van der Waals surface area contributed by atoms with Gasteiger partial charge in [-0.2, -0.15) is 0 Å². The Labute approximate surface area is 149 Å². The molecule has 0 aliphatic carbocycles. The average Bonchev–Trinajstić information content (AvgIpc) is 3.03. The first-order valence-corrected chi connectivity index (χ1v) is 8.70. The number of fused-ring (bicyclic) bond motifs is 1. The summed E-state index contributed by atoms with van der Waals surface area (Å²) in [5.74, 6) is 1.13. The van der Waals surface area contributed by atoms with Crippen LogP contribution in [0.15, 0.2) is 40.8 Å². The number of likely N-dealkylation sites (N-methyl/N-ethyl adjacent to an activating group) is 2. The minimum atomic E-state index is -0.0995. The zero-order valence-electron chi connectivity index (χ0n) is 15.5. The number of amides is 1. The SMILES string of the molecule is CN(Cc1ccc(C(=O)N(C)C)o1)CC1Cc2ccccc2CN1C. The monoisotopic (exact) mass is 341 g/mol. The quantitative estimate of drug-likeness (QED) is 0.838. The third-order valence-electron chi connectivity index (χ3n) is 4.84. The van der Waals surface area contributed by atoms with Crippen LogP contribution in [0.2, 0.25) is 0 Å². The van der Waals surface area contributed by atoms with Crippen LogP contribution in [-0.2, 0) is 19.5 Å². The van der Waals surface area contributed by atoms with Gasteiger partial charge in [0.1, 0.15) is 5.76 Å². The molecule has 0 spiro atoms. The third kappa shape index (κ3) is 4.11. The number of hydrogen-bond acceptors (Lipinski definition) is 4. The molecule has 1 aromatic carbocycles. The second-order valence-electron chi connectivity index (χ2n) is 7.20. The Kier molecular flexibility index (Phi) is 5.25. The zero-order chi connectivity index (χ0) is 18.0. The van der Waals surface area contributed by atoms with Crippen molar-refractivity contribution in [3.63, 3.8) is 0 Å². The van der Waals surface area contributed by atoms with Crippen LogP contribution in [0.1, 0.15) is 27.4 Å². The molecule has 0 fully saturated rings. The van der Waals surface area contributed by atoms with Gasteiger partial charge in [0.15, 0.2) is 5.76 Å². The fourth-order valence-electron chi connectivity index (χ4n) is 3.41. The topological polar surface area (TPSA) is 39.9 Å². The summed E-state index contributed by atoms with van der Waals surface area (Å²) in [6, 6.07) is 12.8. The first-order valence-electron chi connectivity index (χ1n) is 8.70. The van der Waals surface area contributed by atoms with E-state index in [9.17, 15) is 4.79 Å². The number of furan rings is 1. The summed E-state index contributed by atoms with van der Waals surface area (Å²) in [4.78, 5) is 18.1. The van der Waals surface area contributed by atoms with E-state index in [1.807, 2.05) is 6.07 Å². The first-order chi connectivity index (χ1) is 11.9. The molecule has 1 unspecified atom stereocenters. The number of nitrogens with zero attached hydrogens (tertiary/aromatic N) is 3. The fourth-order valence-corrected chi connectivity index (χ4v) is 3.41. The number of hydrogen-bond donors (Lipinski definition) is 0. The van der Waals surface area contributed by atoms with Crippen LogP contribution in [0, 0.1) is 0 Å². The van der Waals surface area contributed by atoms with Gasteiger partial charge in [-0.3, -0.25) is 14.6 Å². The molecule has 2 aromatic rings. The normalized spacial score (nSPS) is 17.6. The summed E-state index contributed by atoms with van der Waals surface area (Å²) >= 11 is 0. The molecule has 1 aliphatic rings. The Balaban J connectivity index is 1.59. The van der Waals surface area contributed by atoms with Crippen molar-refractivity contribution < 1.29 is 9.21 Å². The maximum Gasteiger partial charge on any atom is 0.289 e. The molecule has 1 atom stereocenters. The molecule has 0 N–H and O–H groups in total. The fraction of sp³-hybridized carbons (Fsp3) is 0.450. The summed E-state index contributed by atoms with van der Waals surface area (Å²) in [7, 11) is 7.75. The number of carbonyl (C=O) groups is 1. The van der Waals surface area contributed by atoms with Crippen LogP contribution in [0.5, 0.6) is 0 Å². The smallest absolute Gasteiger partial charge is 0.289 e. The molecule has 25 heavy (non-hydrogen) atoms. The lowest BCUT2D eigenvalue weighted by molar-refractivity contribution is 0.0792. The lowest BCUT2D eigenvalue weighted by atomic mass is 9.94. The first kappa shape index (κ1) is 17.7. The summed E-state index contributed by atoms with van der Waals surface area (Å²) in [5, 5.41) is 0. The van der Waals surface area contributed by atoms with Gasteiger partial charge >= 0.3 is 0 Å². The second-order valence-corrected chi connectivity index (χ2v) is 7.20. The highest BCUT2D eigenvalue weighted by atomic mass is 16.4. The van der Waals surface area contributed by atoms with Crippen molar-refractivity contribution in [2.24, 2.45) is 0 Å². The predicted octanol–water partition coefficient (Wildman–Crippen LogP) is 2.47. The van der Waals surface area contributed by atoms with E-state index in [-0.39, 0.29) is 5.91 Å². The van der Waals surface area contributed by atoms with Gasteiger partial charge in [0.25, 0.3) is 5.91 Å². The van der Waals surface area contributed by atoms with Crippen LogP contribution in [-0.4, -0.2) is 61.4 Å². The molecule has 0 saturated carbocycles. The Morgan fingerprint density at radius 2 is 1.88 bits per heavy atom. The molecule has 0 radical (unpaired) electrons. The van der Waals surface area contributed by atoms with Gasteiger partial charge in [-0.05, 0) is 43.8 Å². The summed E-state index contributed by atoms with van der Waals surface area (Å²) in [6.07, 6.45) is 1.07. The molecule has 5 heteroatoms. The van der Waals surface area contributed by atoms with Crippen molar-refractivity contribution in [2.75, 3.05) is 34.7 Å². The van der Waals surface area contributed by atoms with E-state index in [2.05, 4.69) is 48.2 Å². The maximum atomic E-state index is 11.9. The van der Waals surface area contributed by atoms with Gasteiger partial charge in [0, 0.05) is 33.2 Å². The van der Waals surface area contributed by atoms with Crippen molar-refractivity contribution in [1.29, 1.82) is 0 Å². The lowest BCUT2D eigenvalue weighted by Crippen LogP contribution is -2.44. The maximum absolute atomic E-state index is 11.9.